The quantitative estimate of drug-likeness (QED) is 0.352. The van der Waals surface area contributed by atoms with Gasteiger partial charge in [0.15, 0.2) is 0 Å². The molecule has 0 saturated heterocycles. The summed E-state index contributed by atoms with van der Waals surface area (Å²) in [6.07, 6.45) is 1.83. The summed E-state index contributed by atoms with van der Waals surface area (Å²) in [7, 11) is 0. The molecular formula is C22H17ClN4O3. The number of nitro benzene ring substituents is 1. The van der Waals surface area contributed by atoms with Crippen molar-refractivity contribution >= 4 is 34.5 Å². The van der Waals surface area contributed by atoms with Crippen molar-refractivity contribution < 1.29 is 9.72 Å². The van der Waals surface area contributed by atoms with Gasteiger partial charge in [0, 0.05) is 23.5 Å². The number of aromatic nitrogens is 2. The molecule has 1 amide bonds. The molecule has 0 unspecified atom stereocenters. The van der Waals surface area contributed by atoms with Gasteiger partial charge in [0.2, 0.25) is 0 Å². The highest BCUT2D eigenvalue weighted by Crippen LogP contribution is 2.29. The minimum Gasteiger partial charge on any atom is -0.320 e. The normalized spacial score (nSPS) is 10.9. The first-order valence-electron chi connectivity index (χ1n) is 9.14. The number of nitrogens with zero attached hydrogens (tertiary/aromatic N) is 3. The van der Waals surface area contributed by atoms with Gasteiger partial charge in [-0.1, -0.05) is 47.5 Å². The van der Waals surface area contributed by atoms with Crippen LogP contribution in [0.1, 0.15) is 21.6 Å². The van der Waals surface area contributed by atoms with E-state index in [4.69, 9.17) is 11.6 Å². The van der Waals surface area contributed by atoms with Crippen molar-refractivity contribution in [3.05, 3.63) is 92.8 Å². The smallest absolute Gasteiger partial charge is 0.289 e. The second-order valence-electron chi connectivity index (χ2n) is 6.99. The monoisotopic (exact) mass is 420 g/mol. The summed E-state index contributed by atoms with van der Waals surface area (Å²) in [5.74, 6) is -0.430. The van der Waals surface area contributed by atoms with Crippen LogP contribution in [0.25, 0.3) is 16.9 Å². The van der Waals surface area contributed by atoms with Gasteiger partial charge in [-0.3, -0.25) is 19.3 Å². The summed E-state index contributed by atoms with van der Waals surface area (Å²) in [6.45, 7) is 3.91. The van der Waals surface area contributed by atoms with Crippen LogP contribution in [-0.2, 0) is 0 Å². The number of carbonyl (C=O) groups is 1. The second kappa shape index (κ2) is 7.61. The van der Waals surface area contributed by atoms with Crippen molar-refractivity contribution in [1.29, 1.82) is 0 Å². The molecule has 2 aromatic carbocycles. The van der Waals surface area contributed by atoms with Crippen LogP contribution in [0.4, 0.5) is 11.4 Å². The van der Waals surface area contributed by atoms with Gasteiger partial charge in [-0.15, -0.1) is 0 Å². The Morgan fingerprint density at radius 1 is 1.07 bits per heavy atom. The maximum atomic E-state index is 13.3. The van der Waals surface area contributed by atoms with Crippen LogP contribution < -0.4 is 5.32 Å². The number of carbonyl (C=O) groups excluding carboxylic acids is 1. The first kappa shape index (κ1) is 19.6. The molecule has 0 bridgehead atoms. The van der Waals surface area contributed by atoms with Crippen LogP contribution in [0.3, 0.4) is 0 Å². The number of nitro groups is 1. The Hall–Kier alpha value is -3.71. The van der Waals surface area contributed by atoms with E-state index in [1.54, 1.807) is 4.40 Å². The van der Waals surface area contributed by atoms with Crippen LogP contribution in [0.15, 0.2) is 60.8 Å². The van der Waals surface area contributed by atoms with E-state index >= 15 is 0 Å². The average Bonchev–Trinajstić information content (AvgIpc) is 3.08. The number of rotatable bonds is 4. The molecule has 2 heterocycles. The topological polar surface area (TPSA) is 89.5 Å². The lowest BCUT2D eigenvalue weighted by molar-refractivity contribution is -0.384. The molecule has 0 radical (unpaired) electrons. The van der Waals surface area contributed by atoms with Crippen LogP contribution in [0, 0.1) is 24.0 Å². The third kappa shape index (κ3) is 3.62. The van der Waals surface area contributed by atoms with Crippen LogP contribution in [0.2, 0.25) is 5.02 Å². The summed E-state index contributed by atoms with van der Waals surface area (Å²) in [5.41, 5.74) is 4.36. The Kier molecular flexibility index (Phi) is 4.97. The van der Waals surface area contributed by atoms with E-state index in [0.29, 0.717) is 17.0 Å². The Bertz CT molecular complexity index is 1300. The zero-order valence-corrected chi connectivity index (χ0v) is 17.0. The fraction of sp³-hybridized carbons (Fsp3) is 0.0909. The largest absolute Gasteiger partial charge is 0.320 e. The molecular weight excluding hydrogens is 404 g/mol. The van der Waals surface area contributed by atoms with E-state index in [-0.39, 0.29) is 16.4 Å². The summed E-state index contributed by atoms with van der Waals surface area (Å²) in [5, 5.41) is 13.9. The van der Waals surface area contributed by atoms with Gasteiger partial charge in [0.1, 0.15) is 22.1 Å². The van der Waals surface area contributed by atoms with Crippen molar-refractivity contribution in [2.75, 3.05) is 5.32 Å². The van der Waals surface area contributed by atoms with Crippen molar-refractivity contribution in [2.45, 2.75) is 13.8 Å². The standard InChI is InChI=1S/C22H17ClN4O3/c1-13-3-6-15(7-4-13)20-21(26-12-14(2)5-10-19(26)25-20)22(28)24-16-8-9-17(23)18(11-16)27(29)30/h3-12H,1-2H3,(H,24,28). The summed E-state index contributed by atoms with van der Waals surface area (Å²) < 4.78 is 1.73. The van der Waals surface area contributed by atoms with Gasteiger partial charge >= 0.3 is 0 Å². The summed E-state index contributed by atoms with van der Waals surface area (Å²) in [6, 6.07) is 15.6. The Morgan fingerprint density at radius 3 is 2.47 bits per heavy atom. The zero-order valence-electron chi connectivity index (χ0n) is 16.2. The molecule has 0 fully saturated rings. The van der Waals surface area contributed by atoms with Crippen LogP contribution in [-0.4, -0.2) is 20.2 Å². The molecule has 7 nitrogen and oxygen atoms in total. The lowest BCUT2D eigenvalue weighted by Gasteiger charge is -2.08. The van der Waals surface area contributed by atoms with Crippen molar-refractivity contribution in [3.8, 4) is 11.3 Å². The van der Waals surface area contributed by atoms with Gasteiger partial charge in [-0.05, 0) is 37.6 Å². The number of imidazole rings is 1. The molecule has 0 aliphatic rings. The number of aryl methyl sites for hydroxylation is 2. The number of amides is 1. The minimum absolute atomic E-state index is 0.00349. The maximum Gasteiger partial charge on any atom is 0.289 e. The number of anilines is 1. The van der Waals surface area contributed by atoms with E-state index in [2.05, 4.69) is 10.3 Å². The predicted octanol–water partition coefficient (Wildman–Crippen LogP) is 5.43. The Labute approximate surface area is 177 Å². The lowest BCUT2D eigenvalue weighted by Crippen LogP contribution is -2.15. The third-order valence-corrected chi connectivity index (χ3v) is 5.03. The highest BCUT2D eigenvalue weighted by atomic mass is 35.5. The number of pyridine rings is 1. The van der Waals surface area contributed by atoms with E-state index in [1.165, 1.54) is 18.2 Å². The van der Waals surface area contributed by atoms with Gasteiger partial charge < -0.3 is 5.32 Å². The number of nitrogens with one attached hydrogen (secondary N) is 1. The summed E-state index contributed by atoms with van der Waals surface area (Å²) >= 11 is 5.87. The number of fused-ring (bicyclic) bond motifs is 1. The van der Waals surface area contributed by atoms with Gasteiger partial charge in [-0.2, -0.15) is 0 Å². The molecule has 4 aromatic rings. The van der Waals surface area contributed by atoms with E-state index in [1.807, 2.05) is 56.4 Å². The second-order valence-corrected chi connectivity index (χ2v) is 7.39. The maximum absolute atomic E-state index is 13.3. The zero-order chi connectivity index (χ0) is 21.4. The molecule has 0 saturated carbocycles. The lowest BCUT2D eigenvalue weighted by atomic mass is 10.1. The highest BCUT2D eigenvalue weighted by Gasteiger charge is 2.22. The Balaban J connectivity index is 1.82. The SMILES string of the molecule is Cc1ccc(-c2nc3ccc(C)cn3c2C(=O)Nc2ccc(Cl)c([N+](=O)[O-])c2)cc1. The molecule has 4 rings (SSSR count). The number of halogens is 1. The molecule has 0 aliphatic carbocycles. The molecule has 150 valence electrons. The first-order chi connectivity index (χ1) is 14.3. The van der Waals surface area contributed by atoms with Gasteiger partial charge in [0.25, 0.3) is 11.6 Å². The van der Waals surface area contributed by atoms with Gasteiger partial charge in [-0.25, -0.2) is 4.98 Å². The van der Waals surface area contributed by atoms with Crippen molar-refractivity contribution in [2.24, 2.45) is 0 Å². The summed E-state index contributed by atoms with van der Waals surface area (Å²) in [4.78, 5) is 28.5. The molecule has 8 heteroatoms. The van der Waals surface area contributed by atoms with Crippen molar-refractivity contribution in [1.82, 2.24) is 9.38 Å². The average molecular weight is 421 g/mol. The molecule has 0 aliphatic heterocycles. The van der Waals surface area contributed by atoms with Crippen LogP contribution >= 0.6 is 11.6 Å². The fourth-order valence-electron chi connectivity index (χ4n) is 3.20. The van der Waals surface area contributed by atoms with Crippen molar-refractivity contribution in [3.63, 3.8) is 0 Å². The van der Waals surface area contributed by atoms with Crippen LogP contribution in [0.5, 0.6) is 0 Å². The number of benzene rings is 2. The number of hydrogen-bond donors (Lipinski definition) is 1. The highest BCUT2D eigenvalue weighted by molar-refractivity contribution is 6.32. The molecule has 1 N–H and O–H groups in total. The molecule has 0 atom stereocenters. The van der Waals surface area contributed by atoms with Gasteiger partial charge in [0.05, 0.1) is 4.92 Å². The predicted molar refractivity (Wildman–Crippen MR) is 116 cm³/mol. The first-order valence-corrected chi connectivity index (χ1v) is 9.52. The Morgan fingerprint density at radius 2 is 1.77 bits per heavy atom. The molecule has 0 spiro atoms. The number of hydrogen-bond acceptors (Lipinski definition) is 4. The fourth-order valence-corrected chi connectivity index (χ4v) is 3.39. The third-order valence-electron chi connectivity index (χ3n) is 4.71. The molecule has 30 heavy (non-hydrogen) atoms. The van der Waals surface area contributed by atoms with E-state index in [9.17, 15) is 14.9 Å². The van der Waals surface area contributed by atoms with E-state index < -0.39 is 10.8 Å². The van der Waals surface area contributed by atoms with E-state index in [0.717, 1.165) is 16.7 Å². The molecule has 2 aromatic heterocycles. The minimum atomic E-state index is -0.590.